The Bertz CT molecular complexity index is 900. The lowest BCUT2D eigenvalue weighted by atomic mass is 10.3. The van der Waals surface area contributed by atoms with Crippen LogP contribution in [-0.2, 0) is 6.54 Å². The highest BCUT2D eigenvalue weighted by Crippen LogP contribution is 2.14. The molecule has 22 heavy (non-hydrogen) atoms. The third kappa shape index (κ3) is 2.73. The Morgan fingerprint density at radius 1 is 1.27 bits per heavy atom. The molecule has 0 atom stereocenters. The molecule has 0 radical (unpaired) electrons. The third-order valence-corrected chi connectivity index (χ3v) is 3.23. The predicted molar refractivity (Wildman–Crippen MR) is 78.9 cm³/mol. The number of hydrogen-bond donors (Lipinski definition) is 2. The maximum atomic E-state index is 13.1. The fraction of sp³-hybridized carbons (Fsp3) is 0.133. The van der Waals surface area contributed by atoms with Crippen molar-refractivity contribution >= 4 is 16.9 Å². The van der Waals surface area contributed by atoms with Gasteiger partial charge in [0.05, 0.1) is 17.6 Å². The minimum atomic E-state index is -0.353. The standard InChI is InChI=1S/C15H13FN4O2/c1-20(15(22)11-3-2-4-14(21)19-11)8-13-17-10-6-5-9(16)7-12(10)18-13/h2-7H,8H2,1H3,(H,17,18)(H,19,21). The summed E-state index contributed by atoms with van der Waals surface area (Å²) in [7, 11) is 1.60. The molecule has 1 amide bonds. The van der Waals surface area contributed by atoms with E-state index in [-0.39, 0.29) is 29.5 Å². The zero-order chi connectivity index (χ0) is 15.7. The van der Waals surface area contributed by atoms with Crippen molar-refractivity contribution in [2.75, 3.05) is 7.05 Å². The largest absolute Gasteiger partial charge is 0.340 e. The molecule has 0 aliphatic heterocycles. The molecular formula is C15H13FN4O2. The first kappa shape index (κ1) is 14.0. The topological polar surface area (TPSA) is 81.8 Å². The van der Waals surface area contributed by atoms with Crippen LogP contribution in [-0.4, -0.2) is 32.8 Å². The number of fused-ring (bicyclic) bond motifs is 1. The molecule has 0 bridgehead atoms. The second-order valence-electron chi connectivity index (χ2n) is 4.93. The number of rotatable bonds is 3. The molecule has 0 unspecified atom stereocenters. The van der Waals surface area contributed by atoms with Gasteiger partial charge < -0.3 is 14.9 Å². The van der Waals surface area contributed by atoms with Crippen LogP contribution in [0.2, 0.25) is 0 Å². The summed E-state index contributed by atoms with van der Waals surface area (Å²) in [5, 5.41) is 0. The van der Waals surface area contributed by atoms with Gasteiger partial charge in [0.15, 0.2) is 0 Å². The van der Waals surface area contributed by atoms with Crippen LogP contribution < -0.4 is 5.56 Å². The van der Waals surface area contributed by atoms with Gasteiger partial charge in [-0.3, -0.25) is 9.59 Å². The zero-order valence-electron chi connectivity index (χ0n) is 11.8. The highest BCUT2D eigenvalue weighted by molar-refractivity contribution is 5.92. The van der Waals surface area contributed by atoms with Gasteiger partial charge in [-0.05, 0) is 24.3 Å². The summed E-state index contributed by atoms with van der Waals surface area (Å²) < 4.78 is 13.1. The number of nitrogens with zero attached hydrogens (tertiary/aromatic N) is 2. The van der Waals surface area contributed by atoms with Gasteiger partial charge in [0.2, 0.25) is 5.56 Å². The first-order valence-electron chi connectivity index (χ1n) is 6.62. The molecule has 0 fully saturated rings. The van der Waals surface area contributed by atoms with Crippen molar-refractivity contribution in [3.63, 3.8) is 0 Å². The van der Waals surface area contributed by atoms with E-state index in [0.717, 1.165) is 0 Å². The molecular weight excluding hydrogens is 287 g/mol. The van der Waals surface area contributed by atoms with Gasteiger partial charge in [0, 0.05) is 13.1 Å². The van der Waals surface area contributed by atoms with Crippen LogP contribution >= 0.6 is 0 Å². The average molecular weight is 300 g/mol. The lowest BCUT2D eigenvalue weighted by Crippen LogP contribution is -2.28. The normalized spacial score (nSPS) is 10.8. The molecule has 3 aromatic rings. The van der Waals surface area contributed by atoms with E-state index in [2.05, 4.69) is 15.0 Å². The van der Waals surface area contributed by atoms with Gasteiger partial charge in [-0.15, -0.1) is 0 Å². The molecule has 3 rings (SSSR count). The Morgan fingerprint density at radius 3 is 2.86 bits per heavy atom. The Kier molecular flexibility index (Phi) is 3.46. The summed E-state index contributed by atoms with van der Waals surface area (Å²) in [5.74, 6) is -0.145. The van der Waals surface area contributed by atoms with Crippen molar-refractivity contribution in [1.29, 1.82) is 0 Å². The number of imidazole rings is 1. The van der Waals surface area contributed by atoms with Crippen LogP contribution in [0, 0.1) is 5.82 Å². The number of pyridine rings is 1. The van der Waals surface area contributed by atoms with Gasteiger partial charge in [-0.2, -0.15) is 0 Å². The Hall–Kier alpha value is -2.96. The van der Waals surface area contributed by atoms with Crippen molar-refractivity contribution in [1.82, 2.24) is 19.9 Å². The van der Waals surface area contributed by atoms with Gasteiger partial charge in [-0.1, -0.05) is 6.07 Å². The molecule has 2 N–H and O–H groups in total. The highest BCUT2D eigenvalue weighted by atomic mass is 19.1. The Balaban J connectivity index is 1.81. The first-order valence-corrected chi connectivity index (χ1v) is 6.62. The summed E-state index contributed by atoms with van der Waals surface area (Å²) in [6.45, 7) is 0.214. The van der Waals surface area contributed by atoms with Crippen LogP contribution in [0.15, 0.2) is 41.2 Å². The number of carbonyl (C=O) groups excluding carboxylic acids is 1. The SMILES string of the molecule is CN(Cc1nc2ccc(F)cc2[nH]1)C(=O)c1cccc(=O)[nH]1. The summed E-state index contributed by atoms with van der Waals surface area (Å²) in [5.41, 5.74) is 1.07. The molecule has 6 nitrogen and oxygen atoms in total. The molecule has 2 heterocycles. The fourth-order valence-electron chi connectivity index (χ4n) is 2.18. The van der Waals surface area contributed by atoms with E-state index in [1.165, 1.54) is 35.2 Å². The molecule has 2 aromatic heterocycles. The lowest BCUT2D eigenvalue weighted by molar-refractivity contribution is 0.0776. The van der Waals surface area contributed by atoms with Crippen molar-refractivity contribution in [2.45, 2.75) is 6.54 Å². The van der Waals surface area contributed by atoms with Gasteiger partial charge in [0.1, 0.15) is 17.3 Å². The number of halogens is 1. The summed E-state index contributed by atoms with van der Waals surface area (Å²) in [4.78, 5) is 34.6. The Morgan fingerprint density at radius 2 is 2.09 bits per heavy atom. The van der Waals surface area contributed by atoms with E-state index in [4.69, 9.17) is 0 Å². The minimum absolute atomic E-state index is 0.206. The van der Waals surface area contributed by atoms with Gasteiger partial charge >= 0.3 is 0 Å². The molecule has 0 aliphatic rings. The number of aromatic nitrogens is 3. The second kappa shape index (κ2) is 5.44. The lowest BCUT2D eigenvalue weighted by Gasteiger charge is -2.15. The van der Waals surface area contributed by atoms with Gasteiger partial charge in [0.25, 0.3) is 5.91 Å². The van der Waals surface area contributed by atoms with E-state index in [1.807, 2.05) is 0 Å². The smallest absolute Gasteiger partial charge is 0.270 e. The molecule has 0 saturated carbocycles. The van der Waals surface area contributed by atoms with Crippen molar-refractivity contribution in [3.8, 4) is 0 Å². The maximum Gasteiger partial charge on any atom is 0.270 e. The quantitative estimate of drug-likeness (QED) is 0.772. The number of nitrogens with one attached hydrogen (secondary N) is 2. The van der Waals surface area contributed by atoms with E-state index in [0.29, 0.717) is 16.9 Å². The minimum Gasteiger partial charge on any atom is -0.340 e. The molecule has 0 saturated heterocycles. The van der Waals surface area contributed by atoms with E-state index in [9.17, 15) is 14.0 Å². The molecule has 1 aromatic carbocycles. The van der Waals surface area contributed by atoms with E-state index in [1.54, 1.807) is 13.1 Å². The summed E-state index contributed by atoms with van der Waals surface area (Å²) >= 11 is 0. The third-order valence-electron chi connectivity index (χ3n) is 3.23. The van der Waals surface area contributed by atoms with Crippen LogP contribution in [0.4, 0.5) is 4.39 Å². The molecule has 0 spiro atoms. The monoisotopic (exact) mass is 300 g/mol. The van der Waals surface area contributed by atoms with Crippen LogP contribution in [0.5, 0.6) is 0 Å². The van der Waals surface area contributed by atoms with Crippen LogP contribution in [0.3, 0.4) is 0 Å². The average Bonchev–Trinajstić information content (AvgIpc) is 2.87. The van der Waals surface area contributed by atoms with Crippen molar-refractivity contribution in [2.24, 2.45) is 0 Å². The molecule has 7 heteroatoms. The maximum absolute atomic E-state index is 13.1. The van der Waals surface area contributed by atoms with Crippen LogP contribution in [0.25, 0.3) is 11.0 Å². The van der Waals surface area contributed by atoms with E-state index < -0.39 is 0 Å². The number of benzene rings is 1. The fourth-order valence-corrected chi connectivity index (χ4v) is 2.18. The van der Waals surface area contributed by atoms with Crippen LogP contribution in [0.1, 0.15) is 16.3 Å². The zero-order valence-corrected chi connectivity index (χ0v) is 11.8. The number of hydrogen-bond acceptors (Lipinski definition) is 3. The summed E-state index contributed by atoms with van der Waals surface area (Å²) in [6, 6.07) is 8.64. The number of carbonyl (C=O) groups is 1. The predicted octanol–water partition coefficient (Wildman–Crippen LogP) is 1.66. The number of H-pyrrole nitrogens is 2. The van der Waals surface area contributed by atoms with Gasteiger partial charge in [-0.25, -0.2) is 9.37 Å². The highest BCUT2D eigenvalue weighted by Gasteiger charge is 2.14. The number of aromatic amines is 2. The van der Waals surface area contributed by atoms with E-state index >= 15 is 0 Å². The number of amides is 1. The van der Waals surface area contributed by atoms with Crippen molar-refractivity contribution in [3.05, 3.63) is 64.1 Å². The van der Waals surface area contributed by atoms with Crippen molar-refractivity contribution < 1.29 is 9.18 Å². The first-order chi connectivity index (χ1) is 10.5. The molecule has 0 aliphatic carbocycles. The Labute approximate surface area is 124 Å². The second-order valence-corrected chi connectivity index (χ2v) is 4.93. The summed E-state index contributed by atoms with van der Waals surface area (Å²) in [6.07, 6.45) is 0. The molecule has 112 valence electrons.